The predicted molar refractivity (Wildman–Crippen MR) is 77.2 cm³/mol. The first kappa shape index (κ1) is 15.0. The van der Waals surface area contributed by atoms with Gasteiger partial charge in [0.2, 0.25) is 0 Å². The molecule has 0 aliphatic rings. The van der Waals surface area contributed by atoms with Crippen LogP contribution in [0.25, 0.3) is 0 Å². The third-order valence-corrected chi connectivity index (χ3v) is 3.31. The molecule has 0 spiro atoms. The second-order valence-corrected chi connectivity index (χ2v) is 6.21. The van der Waals surface area contributed by atoms with Gasteiger partial charge >= 0.3 is 0 Å². The molecule has 1 aromatic rings. The molecule has 1 amide bonds. The Hall–Kier alpha value is -1.03. The van der Waals surface area contributed by atoms with E-state index in [9.17, 15) is 9.90 Å². The summed E-state index contributed by atoms with van der Waals surface area (Å²) in [6, 6.07) is 6.48. The number of amides is 1. The first-order chi connectivity index (χ1) is 8.34. The number of aromatic hydroxyl groups is 1. The molecule has 0 saturated carbocycles. The summed E-state index contributed by atoms with van der Waals surface area (Å²) in [6.45, 7) is 6.30. The van der Waals surface area contributed by atoms with Crippen LogP contribution in [0.1, 0.15) is 37.6 Å². The van der Waals surface area contributed by atoms with Crippen molar-refractivity contribution >= 4 is 21.8 Å². The molecule has 2 N–H and O–H groups in total. The van der Waals surface area contributed by atoms with Gasteiger partial charge < -0.3 is 10.4 Å². The number of alkyl halides is 1. The monoisotopic (exact) mass is 313 g/mol. The van der Waals surface area contributed by atoms with E-state index in [0.29, 0.717) is 5.56 Å². The Morgan fingerprint density at radius 3 is 2.61 bits per heavy atom. The molecule has 0 aliphatic carbocycles. The lowest BCUT2D eigenvalue weighted by Gasteiger charge is -2.31. The van der Waals surface area contributed by atoms with Crippen LogP contribution in [0.5, 0.6) is 5.75 Å². The van der Waals surface area contributed by atoms with E-state index in [4.69, 9.17) is 0 Å². The van der Waals surface area contributed by atoms with Crippen LogP contribution in [0, 0.1) is 5.41 Å². The maximum Gasteiger partial charge on any atom is 0.251 e. The largest absolute Gasteiger partial charge is 0.508 e. The summed E-state index contributed by atoms with van der Waals surface area (Å²) in [7, 11) is 0. The van der Waals surface area contributed by atoms with Gasteiger partial charge in [0, 0.05) is 16.9 Å². The molecule has 4 heteroatoms. The van der Waals surface area contributed by atoms with Gasteiger partial charge in [0.15, 0.2) is 0 Å². The van der Waals surface area contributed by atoms with Gasteiger partial charge in [0.25, 0.3) is 5.91 Å². The van der Waals surface area contributed by atoms with Gasteiger partial charge in [-0.1, -0.05) is 42.8 Å². The van der Waals surface area contributed by atoms with E-state index in [1.54, 1.807) is 18.2 Å². The molecular weight excluding hydrogens is 294 g/mol. The van der Waals surface area contributed by atoms with Crippen molar-refractivity contribution in [2.75, 3.05) is 5.33 Å². The van der Waals surface area contributed by atoms with Gasteiger partial charge in [0.1, 0.15) is 5.75 Å². The number of nitrogens with one attached hydrogen (secondary N) is 1. The molecule has 18 heavy (non-hydrogen) atoms. The summed E-state index contributed by atoms with van der Waals surface area (Å²) in [6.07, 6.45) is 0.869. The maximum atomic E-state index is 12.1. The number of carbonyl (C=O) groups excluding carboxylic acids is 1. The van der Waals surface area contributed by atoms with Gasteiger partial charge in [0.05, 0.1) is 0 Å². The number of phenolic OH excluding ortho intramolecular Hbond substituents is 1. The Labute approximate surface area is 117 Å². The smallest absolute Gasteiger partial charge is 0.251 e. The van der Waals surface area contributed by atoms with Crippen LogP contribution in [-0.4, -0.2) is 22.4 Å². The SMILES string of the molecule is CC(C)(C)C(CCBr)NC(=O)c1cccc(O)c1. The molecule has 0 aliphatic heterocycles. The standard InChI is InChI=1S/C14H20BrNO2/c1-14(2,3)12(7-8-15)16-13(18)10-5-4-6-11(17)9-10/h4-6,9,12,17H,7-8H2,1-3H3,(H,16,18). The van der Waals surface area contributed by atoms with Gasteiger partial charge in [-0.15, -0.1) is 0 Å². The minimum absolute atomic E-state index is 0.000253. The van der Waals surface area contributed by atoms with E-state index < -0.39 is 0 Å². The Morgan fingerprint density at radius 2 is 2.11 bits per heavy atom. The molecule has 0 bridgehead atoms. The Bertz CT molecular complexity index is 413. The fourth-order valence-corrected chi connectivity index (χ4v) is 2.18. The fourth-order valence-electron chi connectivity index (χ4n) is 1.72. The van der Waals surface area contributed by atoms with E-state index in [1.165, 1.54) is 6.07 Å². The van der Waals surface area contributed by atoms with Crippen molar-refractivity contribution in [1.29, 1.82) is 0 Å². The molecule has 0 aromatic heterocycles. The van der Waals surface area contributed by atoms with Crippen molar-refractivity contribution in [3.05, 3.63) is 29.8 Å². The second-order valence-electron chi connectivity index (χ2n) is 5.42. The molecule has 1 unspecified atom stereocenters. The number of rotatable bonds is 4. The third-order valence-electron chi connectivity index (χ3n) is 2.86. The Morgan fingerprint density at radius 1 is 1.44 bits per heavy atom. The Balaban J connectivity index is 2.79. The summed E-state index contributed by atoms with van der Waals surface area (Å²) in [5.74, 6) is -0.0396. The molecule has 0 radical (unpaired) electrons. The molecule has 1 aromatic carbocycles. The first-order valence-corrected chi connectivity index (χ1v) is 7.12. The summed E-state index contributed by atoms with van der Waals surface area (Å²) >= 11 is 3.41. The highest BCUT2D eigenvalue weighted by molar-refractivity contribution is 9.09. The summed E-state index contributed by atoms with van der Waals surface area (Å²) < 4.78 is 0. The van der Waals surface area contributed by atoms with Crippen molar-refractivity contribution in [2.45, 2.75) is 33.2 Å². The van der Waals surface area contributed by atoms with Crippen LogP contribution in [0.4, 0.5) is 0 Å². The van der Waals surface area contributed by atoms with E-state index >= 15 is 0 Å². The minimum atomic E-state index is -0.147. The number of hydrogen-bond acceptors (Lipinski definition) is 2. The molecule has 1 rings (SSSR count). The topological polar surface area (TPSA) is 49.3 Å². The molecular formula is C14H20BrNO2. The summed E-state index contributed by atoms with van der Waals surface area (Å²) in [4.78, 5) is 12.1. The van der Waals surface area contributed by atoms with Crippen molar-refractivity contribution in [3.8, 4) is 5.75 Å². The highest BCUT2D eigenvalue weighted by atomic mass is 79.9. The summed E-state index contributed by atoms with van der Waals surface area (Å²) in [5, 5.41) is 13.2. The third kappa shape index (κ3) is 4.33. The zero-order valence-electron chi connectivity index (χ0n) is 11.0. The van der Waals surface area contributed by atoms with Crippen molar-refractivity contribution < 1.29 is 9.90 Å². The number of benzene rings is 1. The highest BCUT2D eigenvalue weighted by Crippen LogP contribution is 2.23. The Kier molecular flexibility index (Phi) is 5.20. The van der Waals surface area contributed by atoms with E-state index in [1.807, 2.05) is 0 Å². The van der Waals surface area contributed by atoms with Crippen molar-refractivity contribution in [2.24, 2.45) is 5.41 Å². The average molecular weight is 314 g/mol. The van der Waals surface area contributed by atoms with Gasteiger partial charge in [-0.3, -0.25) is 4.79 Å². The van der Waals surface area contributed by atoms with Crippen LogP contribution in [0.3, 0.4) is 0 Å². The first-order valence-electron chi connectivity index (χ1n) is 6.00. The fraction of sp³-hybridized carbons (Fsp3) is 0.500. The van der Waals surface area contributed by atoms with Crippen LogP contribution >= 0.6 is 15.9 Å². The van der Waals surface area contributed by atoms with Crippen molar-refractivity contribution in [3.63, 3.8) is 0 Å². The highest BCUT2D eigenvalue weighted by Gasteiger charge is 2.25. The second kappa shape index (κ2) is 6.23. The van der Waals surface area contributed by atoms with Crippen LogP contribution < -0.4 is 5.32 Å². The molecule has 0 fully saturated rings. The molecule has 0 saturated heterocycles. The van der Waals surface area contributed by atoms with Crippen molar-refractivity contribution in [1.82, 2.24) is 5.32 Å². The summed E-state index contributed by atoms with van der Waals surface area (Å²) in [5.41, 5.74) is 0.485. The maximum absolute atomic E-state index is 12.1. The predicted octanol–water partition coefficient (Wildman–Crippen LogP) is 3.32. The molecule has 1 atom stereocenters. The van der Waals surface area contributed by atoms with E-state index in [2.05, 4.69) is 42.0 Å². The average Bonchev–Trinajstić information content (AvgIpc) is 2.27. The normalized spacial score (nSPS) is 13.1. The lowest BCUT2D eigenvalue weighted by Crippen LogP contribution is -2.43. The lowest BCUT2D eigenvalue weighted by atomic mass is 9.85. The number of halogens is 1. The van der Waals surface area contributed by atoms with E-state index in [0.717, 1.165) is 11.8 Å². The number of hydrogen-bond donors (Lipinski definition) is 2. The zero-order chi connectivity index (χ0) is 13.8. The molecule has 100 valence electrons. The van der Waals surface area contributed by atoms with Gasteiger partial charge in [-0.05, 0) is 30.0 Å². The molecule has 0 heterocycles. The van der Waals surface area contributed by atoms with Crippen LogP contribution in [-0.2, 0) is 0 Å². The minimum Gasteiger partial charge on any atom is -0.508 e. The van der Waals surface area contributed by atoms with E-state index in [-0.39, 0.29) is 23.1 Å². The van der Waals surface area contributed by atoms with Gasteiger partial charge in [-0.25, -0.2) is 0 Å². The number of phenols is 1. The lowest BCUT2D eigenvalue weighted by molar-refractivity contribution is 0.0900. The quantitative estimate of drug-likeness (QED) is 0.838. The van der Waals surface area contributed by atoms with Crippen LogP contribution in [0.15, 0.2) is 24.3 Å². The molecule has 3 nitrogen and oxygen atoms in total. The number of carbonyl (C=O) groups is 1. The van der Waals surface area contributed by atoms with Crippen LogP contribution in [0.2, 0.25) is 0 Å². The zero-order valence-corrected chi connectivity index (χ0v) is 12.6. The van der Waals surface area contributed by atoms with Gasteiger partial charge in [-0.2, -0.15) is 0 Å².